The third-order valence-corrected chi connectivity index (χ3v) is 7.56. The van der Waals surface area contributed by atoms with Crippen LogP contribution in [0, 0.1) is 11.8 Å². The maximum atomic E-state index is 13.3. The zero-order valence-corrected chi connectivity index (χ0v) is 20.6. The molecule has 194 valence electrons. The first-order valence-electron chi connectivity index (χ1n) is 12.1. The number of Topliss-reactive ketones (excluding diaryl/α,β-unsaturated/α-hetero) is 1. The van der Waals surface area contributed by atoms with Gasteiger partial charge in [-0.05, 0) is 73.9 Å². The van der Waals surface area contributed by atoms with E-state index >= 15 is 0 Å². The number of fused-ring (bicyclic) bond motifs is 3. The number of nitrogens with one attached hydrogen (secondary N) is 1. The minimum atomic E-state index is -4.50. The van der Waals surface area contributed by atoms with Crippen molar-refractivity contribution in [2.45, 2.75) is 56.8 Å². The van der Waals surface area contributed by atoms with Crippen LogP contribution in [0.5, 0.6) is 0 Å². The number of ether oxygens (including phenoxy) is 2. The highest BCUT2D eigenvalue weighted by molar-refractivity contribution is 6.28. The molecule has 1 aromatic carbocycles. The summed E-state index contributed by atoms with van der Waals surface area (Å²) >= 11 is 6.17. The third kappa shape index (κ3) is 5.03. The summed E-state index contributed by atoms with van der Waals surface area (Å²) in [6.07, 6.45) is -1.42. The first-order valence-corrected chi connectivity index (χ1v) is 12.4. The molecule has 2 aliphatic heterocycles. The number of rotatable bonds is 7. The first-order chi connectivity index (χ1) is 17.0. The van der Waals surface area contributed by atoms with Gasteiger partial charge in [0.15, 0.2) is 5.78 Å². The molecule has 3 N–H and O–H groups in total. The number of anilines is 2. The lowest BCUT2D eigenvalue weighted by molar-refractivity contribution is -0.147. The third-order valence-electron chi connectivity index (χ3n) is 7.39. The average molecular weight is 525 g/mol. The molecule has 2 bridgehead atoms. The molecule has 0 radical (unpaired) electrons. The molecule has 3 heterocycles. The maximum Gasteiger partial charge on any atom is 0.416 e. The second-order valence-corrected chi connectivity index (χ2v) is 10.5. The summed E-state index contributed by atoms with van der Waals surface area (Å²) in [5.74, 6) is 1.04. The molecule has 5 rings (SSSR count). The summed E-state index contributed by atoms with van der Waals surface area (Å²) in [7, 11) is 0. The number of carbonyl (C=O) groups is 1. The summed E-state index contributed by atoms with van der Waals surface area (Å²) in [6, 6.07) is 2.99. The van der Waals surface area contributed by atoms with E-state index in [9.17, 15) is 18.0 Å². The smallest absolute Gasteiger partial charge is 0.399 e. The van der Waals surface area contributed by atoms with Crippen LogP contribution in [0.2, 0.25) is 5.28 Å². The van der Waals surface area contributed by atoms with Crippen LogP contribution < -0.4 is 11.1 Å². The van der Waals surface area contributed by atoms with Gasteiger partial charge in [-0.1, -0.05) is 0 Å². The van der Waals surface area contributed by atoms with Crippen LogP contribution in [0.3, 0.4) is 0 Å². The molecule has 36 heavy (non-hydrogen) atoms. The molecular formula is C25H28ClF3N4O3. The van der Waals surface area contributed by atoms with Gasteiger partial charge in [-0.25, -0.2) is 9.97 Å². The Morgan fingerprint density at radius 2 is 2.08 bits per heavy atom. The van der Waals surface area contributed by atoms with Crippen LogP contribution in [0.15, 0.2) is 18.2 Å². The van der Waals surface area contributed by atoms with Crippen molar-refractivity contribution in [2.24, 2.45) is 11.8 Å². The summed E-state index contributed by atoms with van der Waals surface area (Å²) in [6.45, 7) is 3.27. The standard InChI is InChI=1S/C25H28ClF3N4O3/c1-13(16-6-17(25(27,28)29)8-18(30)7-16)31-22-19-4-14(5-20(19)32-23(26)33-22)2-3-21(34)24-9-15(11-36-24)10-35-12-24/h6-8,13-15H,2-5,9-12,30H2,1H3,(H,31,32,33)/t13-,14?,15?,24?/m1/s1. The van der Waals surface area contributed by atoms with Crippen LogP contribution in [0.25, 0.3) is 0 Å². The van der Waals surface area contributed by atoms with E-state index in [1.165, 1.54) is 6.07 Å². The van der Waals surface area contributed by atoms with Gasteiger partial charge < -0.3 is 20.5 Å². The van der Waals surface area contributed by atoms with Crippen molar-refractivity contribution >= 4 is 28.9 Å². The Morgan fingerprint density at radius 3 is 2.86 bits per heavy atom. The van der Waals surface area contributed by atoms with Gasteiger partial charge in [-0.2, -0.15) is 13.2 Å². The lowest BCUT2D eigenvalue weighted by Gasteiger charge is -2.30. The number of ketones is 1. The summed E-state index contributed by atoms with van der Waals surface area (Å²) in [5, 5.41) is 3.26. The Balaban J connectivity index is 1.27. The predicted molar refractivity (Wildman–Crippen MR) is 128 cm³/mol. The lowest BCUT2D eigenvalue weighted by atomic mass is 9.85. The number of aromatic nitrogens is 2. The molecule has 1 aromatic heterocycles. The van der Waals surface area contributed by atoms with Crippen LogP contribution >= 0.6 is 11.6 Å². The number of halogens is 4. The molecule has 1 aliphatic carbocycles. The molecule has 4 atom stereocenters. The number of nitrogen functional groups attached to an aromatic ring is 1. The number of hydrogen-bond acceptors (Lipinski definition) is 7. The normalized spacial score (nSPS) is 26.0. The highest BCUT2D eigenvalue weighted by atomic mass is 35.5. The second kappa shape index (κ2) is 9.46. The quantitative estimate of drug-likeness (QED) is 0.397. The van der Waals surface area contributed by atoms with Crippen molar-refractivity contribution in [1.29, 1.82) is 0 Å². The largest absolute Gasteiger partial charge is 0.416 e. The van der Waals surface area contributed by atoms with E-state index in [0.717, 1.165) is 29.8 Å². The van der Waals surface area contributed by atoms with Gasteiger partial charge in [0.1, 0.15) is 11.4 Å². The van der Waals surface area contributed by atoms with Gasteiger partial charge in [-0.3, -0.25) is 4.79 Å². The van der Waals surface area contributed by atoms with Crippen LogP contribution in [-0.4, -0.2) is 41.2 Å². The zero-order chi connectivity index (χ0) is 25.7. The second-order valence-electron chi connectivity index (χ2n) is 10.1. The van der Waals surface area contributed by atoms with Crippen molar-refractivity contribution in [3.05, 3.63) is 45.9 Å². The molecule has 0 saturated carbocycles. The Labute approximate surface area is 211 Å². The summed E-state index contributed by atoms with van der Waals surface area (Å²) in [4.78, 5) is 21.7. The van der Waals surface area contributed by atoms with E-state index in [4.69, 9.17) is 26.8 Å². The van der Waals surface area contributed by atoms with Gasteiger partial charge in [0.2, 0.25) is 5.28 Å². The Hall–Kier alpha value is -2.43. The van der Waals surface area contributed by atoms with Gasteiger partial charge in [-0.15, -0.1) is 0 Å². The summed E-state index contributed by atoms with van der Waals surface area (Å²) in [5.41, 5.74) is 6.22. The van der Waals surface area contributed by atoms with Crippen molar-refractivity contribution in [2.75, 3.05) is 30.9 Å². The predicted octanol–water partition coefficient (Wildman–Crippen LogP) is 4.77. The molecule has 2 saturated heterocycles. The molecule has 11 heteroatoms. The number of benzene rings is 1. The summed E-state index contributed by atoms with van der Waals surface area (Å²) < 4.78 is 51.2. The molecule has 0 amide bonds. The lowest BCUT2D eigenvalue weighted by Crippen LogP contribution is -2.45. The molecule has 2 aromatic rings. The van der Waals surface area contributed by atoms with Crippen molar-refractivity contribution in [1.82, 2.24) is 9.97 Å². The van der Waals surface area contributed by atoms with Gasteiger partial charge in [0.05, 0.1) is 37.1 Å². The zero-order valence-electron chi connectivity index (χ0n) is 19.8. The van der Waals surface area contributed by atoms with Gasteiger partial charge >= 0.3 is 6.18 Å². The van der Waals surface area contributed by atoms with E-state index in [-0.39, 0.29) is 22.7 Å². The number of hydrogen-bond donors (Lipinski definition) is 2. The number of carbonyl (C=O) groups excluding carboxylic acids is 1. The van der Waals surface area contributed by atoms with E-state index in [1.54, 1.807) is 6.92 Å². The molecular weight excluding hydrogens is 497 g/mol. The fourth-order valence-corrected chi connectivity index (χ4v) is 5.70. The van der Waals surface area contributed by atoms with Crippen LogP contribution in [0.1, 0.15) is 54.6 Å². The Bertz CT molecular complexity index is 1170. The number of nitrogens with zero attached hydrogens (tertiary/aromatic N) is 2. The van der Waals surface area contributed by atoms with Crippen molar-refractivity contribution in [3.8, 4) is 0 Å². The first kappa shape index (κ1) is 25.2. The van der Waals surface area contributed by atoms with Crippen molar-refractivity contribution in [3.63, 3.8) is 0 Å². The molecule has 3 aliphatic rings. The van der Waals surface area contributed by atoms with Gasteiger partial charge in [0, 0.05) is 23.6 Å². The van der Waals surface area contributed by atoms with Crippen LogP contribution in [0.4, 0.5) is 24.7 Å². The van der Waals surface area contributed by atoms with E-state index in [2.05, 4.69) is 15.3 Å². The Kier molecular flexibility index (Phi) is 6.63. The topological polar surface area (TPSA) is 99.4 Å². The highest BCUT2D eigenvalue weighted by Gasteiger charge is 2.49. The fourth-order valence-electron chi connectivity index (χ4n) is 5.52. The van der Waals surface area contributed by atoms with Gasteiger partial charge in [0.25, 0.3) is 0 Å². The van der Waals surface area contributed by atoms with E-state index < -0.39 is 23.4 Å². The highest BCUT2D eigenvalue weighted by Crippen LogP contribution is 2.39. The van der Waals surface area contributed by atoms with E-state index in [0.29, 0.717) is 62.8 Å². The molecule has 2 fully saturated rings. The number of alkyl halides is 3. The Morgan fingerprint density at radius 1 is 1.28 bits per heavy atom. The number of nitrogens with two attached hydrogens (primary N) is 1. The fraction of sp³-hybridized carbons (Fsp3) is 0.560. The van der Waals surface area contributed by atoms with Crippen LogP contribution in [-0.2, 0) is 33.3 Å². The van der Waals surface area contributed by atoms with Crippen molar-refractivity contribution < 1.29 is 27.4 Å². The maximum absolute atomic E-state index is 13.3. The molecule has 0 spiro atoms. The minimum absolute atomic E-state index is 0.0320. The van der Waals surface area contributed by atoms with E-state index in [1.807, 2.05) is 0 Å². The molecule has 7 nitrogen and oxygen atoms in total. The SMILES string of the molecule is C[C@@H](Nc1nc(Cl)nc2c1CC(CCC(=O)C13COCC(CO1)C3)C2)c1cc(N)cc(C(F)(F)F)c1. The monoisotopic (exact) mass is 524 g/mol. The average Bonchev–Trinajstić information content (AvgIpc) is 3.36. The minimum Gasteiger partial charge on any atom is -0.399 e. The molecule has 3 unspecified atom stereocenters.